The highest BCUT2D eigenvalue weighted by molar-refractivity contribution is 5.97. The Morgan fingerprint density at radius 3 is 2.26 bits per heavy atom. The number of carbonyl (C=O) groups excluding carboxylic acids is 1. The van der Waals surface area contributed by atoms with E-state index in [0.29, 0.717) is 17.1 Å². The molecule has 2 aromatic rings. The number of amides is 1. The standard InChI is InChI=1S/C24H32N2O5/c1-28-20-7-6-17(14-21(20)29-2)8-11-25-10-5-12-26-13-9-18-15-22(30-3)23(31-4)16-19(18)24(26)27/h6-7,14-16,25H,5,8-13H2,1-4H3. The van der Waals surface area contributed by atoms with Crippen LogP contribution in [0.4, 0.5) is 0 Å². The van der Waals surface area contributed by atoms with Crippen molar-refractivity contribution in [3.05, 3.63) is 47.0 Å². The van der Waals surface area contributed by atoms with Crippen molar-refractivity contribution < 1.29 is 23.7 Å². The summed E-state index contributed by atoms with van der Waals surface area (Å²) in [6, 6.07) is 9.70. The normalized spacial score (nSPS) is 13.0. The average molecular weight is 429 g/mol. The molecule has 0 fully saturated rings. The molecule has 1 amide bonds. The van der Waals surface area contributed by atoms with Gasteiger partial charge in [-0.15, -0.1) is 0 Å². The van der Waals surface area contributed by atoms with Crippen molar-refractivity contribution in [1.29, 1.82) is 0 Å². The van der Waals surface area contributed by atoms with Crippen LogP contribution in [0.15, 0.2) is 30.3 Å². The Hall–Kier alpha value is -2.93. The van der Waals surface area contributed by atoms with Gasteiger partial charge in [-0.2, -0.15) is 0 Å². The number of nitrogens with zero attached hydrogens (tertiary/aromatic N) is 1. The predicted octanol–water partition coefficient (Wildman–Crippen LogP) is 2.94. The van der Waals surface area contributed by atoms with Crippen LogP contribution >= 0.6 is 0 Å². The Labute approximate surface area is 184 Å². The molecule has 1 N–H and O–H groups in total. The van der Waals surface area contributed by atoms with Gasteiger partial charge in [0.25, 0.3) is 5.91 Å². The third-order valence-corrected chi connectivity index (χ3v) is 5.60. The third kappa shape index (κ3) is 5.41. The van der Waals surface area contributed by atoms with Crippen molar-refractivity contribution >= 4 is 5.91 Å². The van der Waals surface area contributed by atoms with E-state index < -0.39 is 0 Å². The van der Waals surface area contributed by atoms with Crippen molar-refractivity contribution in [3.8, 4) is 23.0 Å². The fraction of sp³-hybridized carbons (Fsp3) is 0.458. The fourth-order valence-electron chi connectivity index (χ4n) is 3.86. The summed E-state index contributed by atoms with van der Waals surface area (Å²) in [6.45, 7) is 3.18. The van der Waals surface area contributed by atoms with Gasteiger partial charge >= 0.3 is 0 Å². The number of ether oxygens (including phenoxy) is 4. The molecule has 0 radical (unpaired) electrons. The minimum Gasteiger partial charge on any atom is -0.493 e. The van der Waals surface area contributed by atoms with Gasteiger partial charge in [-0.1, -0.05) is 6.07 Å². The molecule has 7 nitrogen and oxygen atoms in total. The summed E-state index contributed by atoms with van der Waals surface area (Å²) >= 11 is 0. The van der Waals surface area contributed by atoms with Crippen LogP contribution in [0.5, 0.6) is 23.0 Å². The molecule has 0 saturated carbocycles. The third-order valence-electron chi connectivity index (χ3n) is 5.60. The molecule has 0 bridgehead atoms. The second kappa shape index (κ2) is 10.9. The van der Waals surface area contributed by atoms with Crippen LogP contribution in [-0.4, -0.2) is 65.4 Å². The van der Waals surface area contributed by atoms with Crippen LogP contribution in [-0.2, 0) is 12.8 Å². The van der Waals surface area contributed by atoms with Gasteiger partial charge in [0.2, 0.25) is 0 Å². The molecule has 0 saturated heterocycles. The molecule has 168 valence electrons. The van der Waals surface area contributed by atoms with Crippen LogP contribution in [0.2, 0.25) is 0 Å². The van der Waals surface area contributed by atoms with E-state index in [0.717, 1.165) is 62.5 Å². The molecule has 1 aliphatic heterocycles. The SMILES string of the molecule is COc1ccc(CCNCCCN2CCc3cc(OC)c(OC)cc3C2=O)cc1OC. The second-order valence-electron chi connectivity index (χ2n) is 7.45. The maximum Gasteiger partial charge on any atom is 0.254 e. The highest BCUT2D eigenvalue weighted by atomic mass is 16.5. The number of rotatable bonds is 11. The van der Waals surface area contributed by atoms with E-state index >= 15 is 0 Å². The van der Waals surface area contributed by atoms with E-state index in [-0.39, 0.29) is 5.91 Å². The minimum atomic E-state index is 0.0625. The van der Waals surface area contributed by atoms with Gasteiger partial charge in [-0.05, 0) is 67.7 Å². The zero-order valence-electron chi connectivity index (χ0n) is 18.8. The Kier molecular flexibility index (Phi) is 8.00. The Bertz CT molecular complexity index is 900. The maximum absolute atomic E-state index is 12.9. The topological polar surface area (TPSA) is 69.3 Å². The number of carbonyl (C=O) groups is 1. The summed E-state index contributed by atoms with van der Waals surface area (Å²) in [5.74, 6) is 2.81. The first kappa shape index (κ1) is 22.7. The number of fused-ring (bicyclic) bond motifs is 1. The lowest BCUT2D eigenvalue weighted by Crippen LogP contribution is -2.39. The zero-order valence-corrected chi connectivity index (χ0v) is 18.8. The summed E-state index contributed by atoms with van der Waals surface area (Å²) in [5.41, 5.74) is 2.93. The van der Waals surface area contributed by atoms with Gasteiger partial charge in [-0.3, -0.25) is 4.79 Å². The first-order valence-corrected chi connectivity index (χ1v) is 10.6. The molecule has 3 rings (SSSR count). The molecule has 0 spiro atoms. The molecule has 2 aromatic carbocycles. The van der Waals surface area contributed by atoms with Crippen molar-refractivity contribution in [2.24, 2.45) is 0 Å². The summed E-state index contributed by atoms with van der Waals surface area (Å²) in [4.78, 5) is 14.8. The summed E-state index contributed by atoms with van der Waals surface area (Å²) in [5, 5.41) is 3.46. The van der Waals surface area contributed by atoms with Crippen LogP contribution in [0, 0.1) is 0 Å². The van der Waals surface area contributed by atoms with Crippen LogP contribution in [0.3, 0.4) is 0 Å². The lowest BCUT2D eigenvalue weighted by Gasteiger charge is -2.29. The van der Waals surface area contributed by atoms with Crippen molar-refractivity contribution in [3.63, 3.8) is 0 Å². The summed E-state index contributed by atoms with van der Waals surface area (Å²) in [6.07, 6.45) is 2.63. The Morgan fingerprint density at radius 2 is 1.55 bits per heavy atom. The first-order chi connectivity index (χ1) is 15.1. The van der Waals surface area contributed by atoms with E-state index in [9.17, 15) is 4.79 Å². The fourth-order valence-corrected chi connectivity index (χ4v) is 3.86. The van der Waals surface area contributed by atoms with E-state index in [2.05, 4.69) is 11.4 Å². The van der Waals surface area contributed by atoms with Crippen LogP contribution in [0.25, 0.3) is 0 Å². The highest BCUT2D eigenvalue weighted by Gasteiger charge is 2.26. The Balaban J connectivity index is 1.44. The van der Waals surface area contributed by atoms with Gasteiger partial charge in [-0.25, -0.2) is 0 Å². The minimum absolute atomic E-state index is 0.0625. The molecule has 1 heterocycles. The van der Waals surface area contributed by atoms with Crippen molar-refractivity contribution in [1.82, 2.24) is 10.2 Å². The van der Waals surface area contributed by atoms with Gasteiger partial charge in [0, 0.05) is 18.7 Å². The van der Waals surface area contributed by atoms with E-state index in [1.54, 1.807) is 34.5 Å². The van der Waals surface area contributed by atoms with Gasteiger partial charge in [0.05, 0.1) is 28.4 Å². The van der Waals surface area contributed by atoms with Gasteiger partial charge < -0.3 is 29.2 Å². The lowest BCUT2D eigenvalue weighted by atomic mass is 9.98. The molecular formula is C24H32N2O5. The molecular weight excluding hydrogens is 396 g/mol. The number of methoxy groups -OCH3 is 4. The number of hydrogen-bond donors (Lipinski definition) is 1. The molecule has 0 unspecified atom stereocenters. The summed E-state index contributed by atoms with van der Waals surface area (Å²) < 4.78 is 21.3. The highest BCUT2D eigenvalue weighted by Crippen LogP contribution is 2.33. The number of hydrogen-bond acceptors (Lipinski definition) is 6. The molecule has 0 aromatic heterocycles. The van der Waals surface area contributed by atoms with Crippen molar-refractivity contribution in [2.45, 2.75) is 19.3 Å². The molecule has 7 heteroatoms. The Morgan fingerprint density at radius 1 is 0.871 bits per heavy atom. The van der Waals surface area contributed by atoms with Crippen molar-refractivity contribution in [2.75, 3.05) is 54.6 Å². The number of benzene rings is 2. The predicted molar refractivity (Wildman–Crippen MR) is 120 cm³/mol. The molecule has 0 aliphatic carbocycles. The van der Waals surface area contributed by atoms with Crippen LogP contribution in [0.1, 0.15) is 27.9 Å². The van der Waals surface area contributed by atoms with Gasteiger partial charge in [0.15, 0.2) is 23.0 Å². The van der Waals surface area contributed by atoms with Gasteiger partial charge in [0.1, 0.15) is 0 Å². The largest absolute Gasteiger partial charge is 0.493 e. The van der Waals surface area contributed by atoms with E-state index in [1.165, 1.54) is 5.56 Å². The average Bonchev–Trinajstić information content (AvgIpc) is 2.81. The zero-order chi connectivity index (χ0) is 22.2. The van der Waals surface area contributed by atoms with E-state index in [1.807, 2.05) is 23.1 Å². The monoisotopic (exact) mass is 428 g/mol. The number of nitrogens with one attached hydrogen (secondary N) is 1. The smallest absolute Gasteiger partial charge is 0.254 e. The lowest BCUT2D eigenvalue weighted by molar-refractivity contribution is 0.0737. The maximum atomic E-state index is 12.9. The molecule has 31 heavy (non-hydrogen) atoms. The molecule has 1 aliphatic rings. The second-order valence-corrected chi connectivity index (χ2v) is 7.45. The molecule has 0 atom stereocenters. The quantitative estimate of drug-likeness (QED) is 0.555. The first-order valence-electron chi connectivity index (χ1n) is 10.6. The van der Waals surface area contributed by atoms with E-state index in [4.69, 9.17) is 18.9 Å². The van der Waals surface area contributed by atoms with Crippen LogP contribution < -0.4 is 24.3 Å². The summed E-state index contributed by atoms with van der Waals surface area (Å²) in [7, 11) is 6.48.